The second kappa shape index (κ2) is 4.91. The van der Waals surface area contributed by atoms with Gasteiger partial charge in [0.05, 0.1) is 0 Å². The van der Waals surface area contributed by atoms with Crippen molar-refractivity contribution in [2.75, 3.05) is 0 Å². The van der Waals surface area contributed by atoms with Crippen LogP contribution in [-0.2, 0) is 4.52 Å². The summed E-state index contributed by atoms with van der Waals surface area (Å²) in [6.45, 7) is 3.64. The first-order valence-electron chi connectivity index (χ1n) is 3.50. The van der Waals surface area contributed by atoms with Gasteiger partial charge < -0.3 is 0 Å². The Labute approximate surface area is 118 Å². The van der Waals surface area contributed by atoms with Crippen LogP contribution in [0.1, 0.15) is 13.8 Å². The van der Waals surface area contributed by atoms with Crippen molar-refractivity contribution in [3.63, 3.8) is 0 Å². The van der Waals surface area contributed by atoms with Crippen LogP contribution in [-0.4, -0.2) is 18.0 Å². The molecule has 0 aliphatic carbocycles. The standard InChI is InChI=1S/C5H10Br3Cl2O3P/c1-3(2)4(5(6,7)8)13-14(9,10,11)12/h3-4,11-12H,1-2H3. The van der Waals surface area contributed by atoms with E-state index in [1.54, 1.807) is 0 Å². The topological polar surface area (TPSA) is 49.7 Å². The van der Waals surface area contributed by atoms with Crippen LogP contribution in [0.5, 0.6) is 0 Å². The van der Waals surface area contributed by atoms with Crippen molar-refractivity contribution in [1.82, 2.24) is 0 Å². The summed E-state index contributed by atoms with van der Waals surface area (Å²) in [6, 6.07) is 0. The fraction of sp³-hybridized carbons (Fsp3) is 1.00. The van der Waals surface area contributed by atoms with E-state index in [0.717, 1.165) is 0 Å². The number of hydrogen-bond donors (Lipinski definition) is 2. The molecule has 0 aliphatic heterocycles. The molecule has 0 aromatic heterocycles. The van der Waals surface area contributed by atoms with Crippen molar-refractivity contribution < 1.29 is 14.3 Å². The normalized spacial score (nSPS) is 19.1. The molecule has 14 heavy (non-hydrogen) atoms. The fourth-order valence-electron chi connectivity index (χ4n) is 0.747. The summed E-state index contributed by atoms with van der Waals surface area (Å²) in [5, 5.41) is 0. The van der Waals surface area contributed by atoms with Gasteiger partial charge in [0.2, 0.25) is 0 Å². The molecule has 0 saturated heterocycles. The molecule has 0 aliphatic rings. The van der Waals surface area contributed by atoms with E-state index in [-0.39, 0.29) is 5.92 Å². The summed E-state index contributed by atoms with van der Waals surface area (Å²) < 4.78 is 4.06. The van der Waals surface area contributed by atoms with E-state index in [1.165, 1.54) is 0 Å². The maximum atomic E-state index is 9.20. The van der Waals surface area contributed by atoms with Crippen LogP contribution in [0.4, 0.5) is 0 Å². The molecule has 0 saturated carbocycles. The Morgan fingerprint density at radius 3 is 1.64 bits per heavy atom. The van der Waals surface area contributed by atoms with Gasteiger partial charge in [-0.3, -0.25) is 0 Å². The maximum absolute atomic E-state index is 9.20. The number of rotatable bonds is 3. The summed E-state index contributed by atoms with van der Waals surface area (Å²) in [5.41, 5.74) is 0. The molecule has 88 valence electrons. The Bertz CT molecular complexity index is 203. The molecular weight excluding hydrogens is 450 g/mol. The van der Waals surface area contributed by atoms with E-state index in [2.05, 4.69) is 47.8 Å². The summed E-state index contributed by atoms with van der Waals surface area (Å²) in [6.07, 6.45) is -0.662. The average Bonchev–Trinajstić information content (AvgIpc) is 1.76. The average molecular weight is 460 g/mol. The van der Waals surface area contributed by atoms with Crippen LogP contribution in [0.15, 0.2) is 0 Å². The molecule has 9 heteroatoms. The van der Waals surface area contributed by atoms with E-state index in [0.29, 0.717) is 0 Å². The van der Waals surface area contributed by atoms with Crippen LogP contribution < -0.4 is 0 Å². The van der Waals surface area contributed by atoms with Crippen molar-refractivity contribution >= 4 is 76.3 Å². The molecule has 0 fully saturated rings. The van der Waals surface area contributed by atoms with Crippen molar-refractivity contribution in [3.05, 3.63) is 0 Å². The first kappa shape index (κ1) is 16.3. The molecule has 0 bridgehead atoms. The van der Waals surface area contributed by atoms with Crippen molar-refractivity contribution in [3.8, 4) is 0 Å². The Balaban J connectivity index is 4.75. The molecule has 0 aromatic carbocycles. The molecule has 0 aromatic rings. The first-order valence-corrected chi connectivity index (χ1v) is 9.75. The third kappa shape index (κ3) is 7.58. The quantitative estimate of drug-likeness (QED) is 0.484. The van der Waals surface area contributed by atoms with Crippen molar-refractivity contribution in [2.45, 2.75) is 22.1 Å². The van der Waals surface area contributed by atoms with Gasteiger partial charge >= 0.3 is 119 Å². The van der Waals surface area contributed by atoms with Gasteiger partial charge in [-0.15, -0.1) is 0 Å². The molecular formula is C5H10Br3Cl2O3P. The fourth-order valence-corrected chi connectivity index (χ4v) is 4.34. The van der Waals surface area contributed by atoms with Gasteiger partial charge in [-0.25, -0.2) is 0 Å². The van der Waals surface area contributed by atoms with Crippen molar-refractivity contribution in [2.24, 2.45) is 5.92 Å². The van der Waals surface area contributed by atoms with Crippen LogP contribution >= 0.6 is 76.3 Å². The molecule has 0 amide bonds. The minimum absolute atomic E-state index is 0.0496. The molecule has 2 N–H and O–H groups in total. The number of halogens is 5. The molecule has 0 rings (SSSR count). The van der Waals surface area contributed by atoms with Gasteiger partial charge in [0.25, 0.3) is 0 Å². The summed E-state index contributed by atoms with van der Waals surface area (Å²) in [7, 11) is 0. The van der Waals surface area contributed by atoms with E-state index < -0.39 is 14.2 Å². The van der Waals surface area contributed by atoms with Crippen molar-refractivity contribution in [1.29, 1.82) is 0 Å². The minimum atomic E-state index is -5.00. The van der Waals surface area contributed by atoms with Crippen LogP contribution in [0.2, 0.25) is 0 Å². The van der Waals surface area contributed by atoms with Gasteiger partial charge in [-0.1, -0.05) is 0 Å². The van der Waals surface area contributed by atoms with E-state index in [9.17, 15) is 9.79 Å². The molecule has 0 spiro atoms. The molecule has 3 nitrogen and oxygen atoms in total. The molecule has 1 unspecified atom stereocenters. The van der Waals surface area contributed by atoms with Crippen LogP contribution in [0, 0.1) is 5.92 Å². The van der Waals surface area contributed by atoms with Gasteiger partial charge in [0.1, 0.15) is 0 Å². The molecule has 0 heterocycles. The van der Waals surface area contributed by atoms with Gasteiger partial charge in [-0.05, 0) is 0 Å². The summed E-state index contributed by atoms with van der Waals surface area (Å²) in [5.74, 6) is -5.05. The SMILES string of the molecule is CC(C)C(OP(O)(O)(Cl)Cl)C(Br)(Br)Br. The Morgan fingerprint density at radius 2 is 1.57 bits per heavy atom. The zero-order valence-electron chi connectivity index (χ0n) is 7.29. The second-order valence-electron chi connectivity index (χ2n) is 3.07. The monoisotopic (exact) mass is 456 g/mol. The second-order valence-corrected chi connectivity index (χ2v) is 15.9. The van der Waals surface area contributed by atoms with E-state index in [4.69, 9.17) is 27.0 Å². The summed E-state index contributed by atoms with van der Waals surface area (Å²) in [4.78, 5) is 18.4. The van der Waals surface area contributed by atoms with E-state index >= 15 is 0 Å². The number of hydrogen-bond acceptors (Lipinski definition) is 3. The molecule has 0 radical (unpaired) electrons. The predicted octanol–water partition coefficient (Wildman–Crippen LogP) is 4.46. The van der Waals surface area contributed by atoms with Gasteiger partial charge in [0, 0.05) is 0 Å². The van der Waals surface area contributed by atoms with E-state index in [1.807, 2.05) is 13.8 Å². The Morgan fingerprint density at radius 1 is 1.21 bits per heavy atom. The Hall–Kier alpha value is 2.33. The summed E-state index contributed by atoms with van der Waals surface area (Å²) >= 11 is 20.1. The van der Waals surface area contributed by atoms with Gasteiger partial charge in [0.15, 0.2) is 0 Å². The van der Waals surface area contributed by atoms with Gasteiger partial charge in [-0.2, -0.15) is 0 Å². The predicted molar refractivity (Wildman–Crippen MR) is 72.3 cm³/mol. The zero-order valence-corrected chi connectivity index (χ0v) is 14.5. The third-order valence-corrected chi connectivity index (χ3v) is 3.62. The zero-order chi connectivity index (χ0) is 11.8. The third-order valence-electron chi connectivity index (χ3n) is 1.22. The Kier molecular flexibility index (Phi) is 5.72. The van der Waals surface area contributed by atoms with Crippen LogP contribution in [0.25, 0.3) is 0 Å². The first-order chi connectivity index (χ1) is 5.79. The van der Waals surface area contributed by atoms with Crippen LogP contribution in [0.3, 0.4) is 0 Å². The molecule has 1 atom stereocenters. The number of alkyl halides is 3.